The van der Waals surface area contributed by atoms with Crippen molar-refractivity contribution < 1.29 is 33.5 Å². The highest BCUT2D eigenvalue weighted by atomic mass is 19.1. The molecule has 2 aromatic carbocycles. The number of carbonyl (C=O) groups is 5. The van der Waals surface area contributed by atoms with Crippen LogP contribution in [0.25, 0.3) is 10.9 Å². The van der Waals surface area contributed by atoms with Gasteiger partial charge in [0, 0.05) is 54.1 Å². The molecule has 4 aliphatic rings. The van der Waals surface area contributed by atoms with Gasteiger partial charge in [-0.25, -0.2) is 9.37 Å². The number of nitrogens with one attached hydrogen (secondary N) is 3. The quantitative estimate of drug-likeness (QED) is 0.129. The zero-order chi connectivity index (χ0) is 42.5. The minimum atomic E-state index is -1.26. The van der Waals surface area contributed by atoms with Crippen LogP contribution in [0.3, 0.4) is 0 Å². The van der Waals surface area contributed by atoms with E-state index in [2.05, 4.69) is 32.9 Å². The number of hydrogen-bond acceptors (Lipinski definition) is 10. The van der Waals surface area contributed by atoms with E-state index in [9.17, 15) is 33.5 Å². The first-order valence-electron chi connectivity index (χ1n) is 21.1. The van der Waals surface area contributed by atoms with Gasteiger partial charge in [-0.05, 0) is 134 Å². The zero-order valence-electron chi connectivity index (χ0n) is 34.6. The number of amides is 5. The second-order valence-electron chi connectivity index (χ2n) is 17.7. The van der Waals surface area contributed by atoms with Gasteiger partial charge in [0.2, 0.25) is 11.8 Å². The Morgan fingerprint density at radius 2 is 1.68 bits per heavy atom. The number of pyridine rings is 1. The van der Waals surface area contributed by atoms with Crippen LogP contribution in [-0.2, 0) is 15.2 Å². The largest absolute Gasteiger partial charge is 0.386 e. The Labute approximate surface area is 348 Å². The predicted molar refractivity (Wildman–Crippen MR) is 223 cm³/mol. The lowest BCUT2D eigenvalue weighted by atomic mass is 9.83. The summed E-state index contributed by atoms with van der Waals surface area (Å²) in [6, 6.07) is 11.2. The molecule has 4 heterocycles. The predicted octanol–water partition coefficient (Wildman–Crippen LogP) is 6.09. The first kappa shape index (κ1) is 41.2. The molecule has 60 heavy (non-hydrogen) atoms. The average Bonchev–Trinajstić information content (AvgIpc) is 3.75. The summed E-state index contributed by atoms with van der Waals surface area (Å²) in [6.45, 7) is 6.55. The Hall–Kier alpha value is -5.54. The second-order valence-corrected chi connectivity index (χ2v) is 17.7. The van der Waals surface area contributed by atoms with Gasteiger partial charge in [0.05, 0.1) is 34.0 Å². The lowest BCUT2D eigenvalue weighted by molar-refractivity contribution is -0.136. The Kier molecular flexibility index (Phi) is 11.3. The molecule has 1 saturated heterocycles. The molecule has 2 aromatic heterocycles. The van der Waals surface area contributed by atoms with Crippen LogP contribution in [0.15, 0.2) is 48.7 Å². The van der Waals surface area contributed by atoms with E-state index in [1.165, 1.54) is 19.1 Å². The minimum Gasteiger partial charge on any atom is -0.386 e. The summed E-state index contributed by atoms with van der Waals surface area (Å²) in [5, 5.41) is 25.4. The van der Waals surface area contributed by atoms with Crippen LogP contribution in [0.1, 0.15) is 127 Å². The van der Waals surface area contributed by atoms with Crippen LogP contribution < -0.4 is 16.0 Å². The van der Waals surface area contributed by atoms with Crippen molar-refractivity contribution in [1.82, 2.24) is 29.9 Å². The van der Waals surface area contributed by atoms with Gasteiger partial charge in [-0.3, -0.25) is 38.9 Å². The maximum absolute atomic E-state index is 13.8. The molecule has 2 saturated carbocycles. The molecule has 0 radical (unpaired) electrons. The highest BCUT2D eigenvalue weighted by molar-refractivity contribution is 6.25. The zero-order valence-corrected chi connectivity index (χ0v) is 34.6. The number of aliphatic hydroxyl groups is 1. The Morgan fingerprint density at radius 3 is 2.38 bits per heavy atom. The summed E-state index contributed by atoms with van der Waals surface area (Å²) >= 11 is 0. The molecule has 5 amide bonds. The molecule has 4 aromatic rings. The number of aryl methyl sites for hydroxylation is 1. The van der Waals surface area contributed by atoms with Crippen LogP contribution >= 0.6 is 0 Å². The number of imide groups is 2. The minimum absolute atomic E-state index is 0.0818. The lowest BCUT2D eigenvalue weighted by Crippen LogP contribution is -2.54. The number of benzene rings is 2. The van der Waals surface area contributed by atoms with Gasteiger partial charge in [-0.1, -0.05) is 6.07 Å². The molecule has 2 aliphatic heterocycles. The number of aromatic nitrogens is 3. The van der Waals surface area contributed by atoms with E-state index in [1.54, 1.807) is 26.0 Å². The number of anilines is 2. The average molecular weight is 821 g/mol. The Morgan fingerprint density at radius 1 is 0.950 bits per heavy atom. The van der Waals surface area contributed by atoms with E-state index in [0.29, 0.717) is 46.9 Å². The molecule has 0 bridgehead atoms. The molecular formula is C45H53FN8O6. The molecule has 14 nitrogen and oxygen atoms in total. The van der Waals surface area contributed by atoms with Crippen LogP contribution in [0.5, 0.6) is 0 Å². The monoisotopic (exact) mass is 820 g/mol. The van der Waals surface area contributed by atoms with Crippen LogP contribution in [0.4, 0.5) is 15.8 Å². The summed E-state index contributed by atoms with van der Waals surface area (Å²) in [4.78, 5) is 71.7. The van der Waals surface area contributed by atoms with Crippen molar-refractivity contribution >= 4 is 51.8 Å². The van der Waals surface area contributed by atoms with Crippen LogP contribution in [-0.4, -0.2) is 91.4 Å². The highest BCUT2D eigenvalue weighted by Crippen LogP contribution is 2.38. The molecule has 316 valence electrons. The normalized spacial score (nSPS) is 23.6. The van der Waals surface area contributed by atoms with E-state index in [1.807, 2.05) is 29.1 Å². The number of fused-ring (bicyclic) bond motifs is 2. The fraction of sp³-hybridized carbons (Fsp3) is 0.489. The van der Waals surface area contributed by atoms with Crippen molar-refractivity contribution in [2.75, 3.05) is 30.8 Å². The fourth-order valence-electron chi connectivity index (χ4n) is 9.60. The van der Waals surface area contributed by atoms with E-state index < -0.39 is 47.0 Å². The number of halogens is 1. The number of rotatable bonds is 11. The maximum atomic E-state index is 13.8. The first-order valence-corrected chi connectivity index (χ1v) is 21.1. The fourth-order valence-corrected chi connectivity index (χ4v) is 9.60. The number of nitrogens with zero attached hydrogens (tertiary/aromatic N) is 5. The molecule has 2 aliphatic carbocycles. The van der Waals surface area contributed by atoms with Gasteiger partial charge >= 0.3 is 0 Å². The number of piperidine rings is 1. The summed E-state index contributed by atoms with van der Waals surface area (Å²) in [5.74, 6) is -1.98. The first-order chi connectivity index (χ1) is 28.6. The number of carbonyl (C=O) groups excluding carboxylic acids is 5. The third-order valence-corrected chi connectivity index (χ3v) is 13.0. The molecular weight excluding hydrogens is 768 g/mol. The van der Waals surface area contributed by atoms with Gasteiger partial charge in [-0.2, -0.15) is 5.10 Å². The molecule has 1 unspecified atom stereocenters. The topological polar surface area (TPSA) is 179 Å². The lowest BCUT2D eigenvalue weighted by Gasteiger charge is -2.38. The number of hydrogen-bond donors (Lipinski definition) is 4. The molecule has 1 atom stereocenters. The molecule has 4 N–H and O–H groups in total. The summed E-state index contributed by atoms with van der Waals surface area (Å²) in [6.07, 6.45) is 10.7. The van der Waals surface area contributed by atoms with Crippen LogP contribution in [0.2, 0.25) is 0 Å². The molecule has 3 fully saturated rings. The van der Waals surface area contributed by atoms with Gasteiger partial charge < -0.3 is 20.6 Å². The Balaban J connectivity index is 0.821. The third-order valence-electron chi connectivity index (χ3n) is 13.0. The van der Waals surface area contributed by atoms with E-state index >= 15 is 0 Å². The van der Waals surface area contributed by atoms with Crippen molar-refractivity contribution in [3.05, 3.63) is 82.6 Å². The van der Waals surface area contributed by atoms with E-state index in [-0.39, 0.29) is 35.8 Å². The summed E-state index contributed by atoms with van der Waals surface area (Å²) < 4.78 is 15.8. The second kappa shape index (κ2) is 16.5. The standard InChI is InChI=1S/C45H53FN8O6/c1-25-33(46)16-17-35(48-25)41(56)49-37-20-28-24-53(51-36(28)21-32(37)45(2,3)60)30-14-10-27(11-15-30)23-52(4)29-12-8-26(9-13-29)22-47-34-7-5-6-31-40(34)44(59)54(43(31)58)38-18-19-39(55)50-42(38)57/h5-7,16-17,20-21,24,26-27,29-30,38,47,60H,8-15,18-19,22-23H2,1-4H3,(H,49,56)(H,50,55,57)/t26-,27-,29-,30-,38?. The Bertz CT molecular complexity index is 2360. The van der Waals surface area contributed by atoms with Crippen molar-refractivity contribution in [3.63, 3.8) is 0 Å². The summed E-state index contributed by atoms with van der Waals surface area (Å²) in [5.41, 5.74) is 1.85. The van der Waals surface area contributed by atoms with Crippen molar-refractivity contribution in [3.8, 4) is 0 Å². The van der Waals surface area contributed by atoms with E-state index in [4.69, 9.17) is 5.10 Å². The van der Waals surface area contributed by atoms with Crippen LogP contribution in [0, 0.1) is 24.6 Å². The molecule has 15 heteroatoms. The van der Waals surface area contributed by atoms with Gasteiger partial charge in [0.25, 0.3) is 17.7 Å². The van der Waals surface area contributed by atoms with Gasteiger partial charge in [0.15, 0.2) is 0 Å². The van der Waals surface area contributed by atoms with Crippen molar-refractivity contribution in [2.24, 2.45) is 11.8 Å². The highest BCUT2D eigenvalue weighted by Gasteiger charge is 2.45. The molecule has 0 spiro atoms. The van der Waals surface area contributed by atoms with E-state index in [0.717, 1.165) is 73.7 Å². The van der Waals surface area contributed by atoms with Gasteiger partial charge in [-0.15, -0.1) is 0 Å². The van der Waals surface area contributed by atoms with Gasteiger partial charge in [0.1, 0.15) is 17.6 Å². The smallest absolute Gasteiger partial charge is 0.274 e. The van der Waals surface area contributed by atoms with Crippen molar-refractivity contribution in [1.29, 1.82) is 0 Å². The maximum Gasteiger partial charge on any atom is 0.274 e. The molecule has 8 rings (SSSR count). The SMILES string of the molecule is Cc1nc(C(=O)Nc2cc3cn([C@H]4CC[C@H](CN(C)[C@H]5CC[C@H](CNc6cccc7c6C(=O)N(C6CCC(=O)NC6=O)C7=O)CC5)CC4)nc3cc2C(C)(C)O)ccc1F. The third kappa shape index (κ3) is 8.29. The van der Waals surface area contributed by atoms with Crippen molar-refractivity contribution in [2.45, 2.75) is 109 Å². The summed E-state index contributed by atoms with van der Waals surface area (Å²) in [7, 11) is 2.24.